The molecular weight excluding hydrogens is 274 g/mol. The number of hydrogen-bond donors (Lipinski definition) is 3. The summed E-state index contributed by atoms with van der Waals surface area (Å²) in [6.07, 6.45) is 0.0876. The Kier molecular flexibility index (Phi) is 4.74. The predicted octanol–water partition coefficient (Wildman–Crippen LogP) is 1.45. The molecule has 0 radical (unpaired) electrons. The number of carbonyl (C=O) groups is 2. The van der Waals surface area contributed by atoms with Gasteiger partial charge in [-0.15, -0.1) is 0 Å². The highest BCUT2D eigenvalue weighted by Gasteiger charge is 2.30. The smallest absolute Gasteiger partial charge is 0.332 e. The van der Waals surface area contributed by atoms with Crippen molar-refractivity contribution in [2.24, 2.45) is 0 Å². The van der Waals surface area contributed by atoms with Crippen molar-refractivity contribution in [2.45, 2.75) is 38.9 Å². The lowest BCUT2D eigenvalue weighted by Gasteiger charge is -2.13. The zero-order valence-electron chi connectivity index (χ0n) is 12.0. The number of carboxylic acids is 1. The van der Waals surface area contributed by atoms with E-state index < -0.39 is 12.1 Å². The van der Waals surface area contributed by atoms with E-state index in [0.29, 0.717) is 18.5 Å². The Bertz CT molecular complexity index is 547. The van der Waals surface area contributed by atoms with Crippen LogP contribution in [0.5, 0.6) is 0 Å². The second-order valence-corrected chi connectivity index (χ2v) is 5.08. The number of amides is 2. The number of urea groups is 1. The van der Waals surface area contributed by atoms with E-state index in [1.807, 2.05) is 19.9 Å². The lowest BCUT2D eigenvalue weighted by molar-refractivity contribution is -0.149. The van der Waals surface area contributed by atoms with E-state index in [1.54, 1.807) is 6.07 Å². The first-order valence-corrected chi connectivity index (χ1v) is 6.83. The van der Waals surface area contributed by atoms with Crippen LogP contribution in [0.4, 0.5) is 10.5 Å². The normalized spacial score (nSPS) is 21.0. The summed E-state index contributed by atoms with van der Waals surface area (Å²) in [6, 6.07) is 3.26. The highest BCUT2D eigenvalue weighted by atomic mass is 16.5. The summed E-state index contributed by atoms with van der Waals surface area (Å²) in [5.41, 5.74) is 2.28. The van der Waals surface area contributed by atoms with Crippen LogP contribution in [0.15, 0.2) is 12.1 Å². The molecule has 1 fully saturated rings. The molecule has 2 rings (SSSR count). The minimum Gasteiger partial charge on any atom is -0.479 e. The molecule has 0 bridgehead atoms. The molecule has 0 spiro atoms. The lowest BCUT2D eigenvalue weighted by Crippen LogP contribution is -2.36. The molecule has 0 aromatic carbocycles. The van der Waals surface area contributed by atoms with Crippen molar-refractivity contribution in [2.75, 3.05) is 11.9 Å². The maximum absolute atomic E-state index is 11.8. The number of nitrogens with zero attached hydrogens (tertiary/aromatic N) is 1. The van der Waals surface area contributed by atoms with Crippen molar-refractivity contribution in [1.29, 1.82) is 0 Å². The van der Waals surface area contributed by atoms with E-state index >= 15 is 0 Å². The molecule has 1 aliphatic rings. The number of pyridine rings is 1. The van der Waals surface area contributed by atoms with Gasteiger partial charge < -0.3 is 20.5 Å². The molecule has 114 valence electrons. The van der Waals surface area contributed by atoms with E-state index in [-0.39, 0.29) is 18.7 Å². The van der Waals surface area contributed by atoms with Crippen molar-refractivity contribution < 1.29 is 19.4 Å². The average molecular weight is 293 g/mol. The van der Waals surface area contributed by atoms with Gasteiger partial charge in [-0.2, -0.15) is 0 Å². The second-order valence-electron chi connectivity index (χ2n) is 5.08. The van der Waals surface area contributed by atoms with Crippen LogP contribution in [0, 0.1) is 13.8 Å². The standard InChI is InChI=1S/C14H19N3O4/c1-8-3-5-11(9(2)16-8)17-14(20)15-7-10-4-6-12(21-10)13(18)19/h3,5,10,12H,4,6-7H2,1-2H3,(H,18,19)(H2,15,17,20). The van der Waals surface area contributed by atoms with Gasteiger partial charge in [0.1, 0.15) is 0 Å². The summed E-state index contributed by atoms with van der Waals surface area (Å²) in [4.78, 5) is 26.8. The van der Waals surface area contributed by atoms with Gasteiger partial charge in [0.2, 0.25) is 0 Å². The zero-order chi connectivity index (χ0) is 15.4. The first-order valence-electron chi connectivity index (χ1n) is 6.83. The van der Waals surface area contributed by atoms with Gasteiger partial charge in [0.25, 0.3) is 0 Å². The van der Waals surface area contributed by atoms with Crippen molar-refractivity contribution in [3.8, 4) is 0 Å². The van der Waals surface area contributed by atoms with Gasteiger partial charge in [0.15, 0.2) is 6.10 Å². The molecule has 21 heavy (non-hydrogen) atoms. The monoisotopic (exact) mass is 293 g/mol. The second kappa shape index (κ2) is 6.53. The first-order chi connectivity index (χ1) is 9.95. The quantitative estimate of drug-likeness (QED) is 0.780. The third kappa shape index (κ3) is 4.16. The SMILES string of the molecule is Cc1ccc(NC(=O)NCC2CCC(C(=O)O)O2)c(C)n1. The Morgan fingerprint density at radius 3 is 2.76 bits per heavy atom. The van der Waals surface area contributed by atoms with Gasteiger partial charge in [-0.3, -0.25) is 4.98 Å². The molecule has 0 aliphatic carbocycles. The molecule has 3 N–H and O–H groups in total. The van der Waals surface area contributed by atoms with Gasteiger partial charge >= 0.3 is 12.0 Å². The number of aryl methyl sites for hydroxylation is 2. The van der Waals surface area contributed by atoms with Gasteiger partial charge in [-0.1, -0.05) is 0 Å². The Morgan fingerprint density at radius 1 is 1.38 bits per heavy atom. The minimum absolute atomic E-state index is 0.255. The van der Waals surface area contributed by atoms with Crippen LogP contribution in [-0.2, 0) is 9.53 Å². The molecule has 2 atom stereocenters. The summed E-state index contributed by atoms with van der Waals surface area (Å²) >= 11 is 0. The third-order valence-corrected chi connectivity index (χ3v) is 3.35. The largest absolute Gasteiger partial charge is 0.479 e. The van der Waals surface area contributed by atoms with E-state index in [1.165, 1.54) is 0 Å². The van der Waals surface area contributed by atoms with Crippen LogP contribution in [-0.4, -0.2) is 40.8 Å². The first kappa shape index (κ1) is 15.2. The maximum atomic E-state index is 11.8. The molecule has 1 aliphatic heterocycles. The van der Waals surface area contributed by atoms with Gasteiger partial charge in [-0.05, 0) is 38.8 Å². The number of nitrogens with one attached hydrogen (secondary N) is 2. The summed E-state index contributed by atoms with van der Waals surface area (Å²) in [5.74, 6) is -0.955. The Hall–Kier alpha value is -2.15. The summed E-state index contributed by atoms with van der Waals surface area (Å²) in [5, 5.41) is 14.2. The highest BCUT2D eigenvalue weighted by molar-refractivity contribution is 5.89. The van der Waals surface area contributed by atoms with Crippen molar-refractivity contribution >= 4 is 17.7 Å². The van der Waals surface area contributed by atoms with Crippen LogP contribution < -0.4 is 10.6 Å². The summed E-state index contributed by atoms with van der Waals surface area (Å²) in [7, 11) is 0. The molecule has 0 saturated carbocycles. The Balaban J connectivity index is 1.79. The fourth-order valence-electron chi connectivity index (χ4n) is 2.23. The number of ether oxygens (including phenoxy) is 1. The number of carboxylic acid groups (broad SMARTS) is 1. The van der Waals surface area contributed by atoms with Crippen molar-refractivity contribution in [3.05, 3.63) is 23.5 Å². The van der Waals surface area contributed by atoms with Crippen molar-refractivity contribution in [1.82, 2.24) is 10.3 Å². The van der Waals surface area contributed by atoms with Gasteiger partial charge in [-0.25, -0.2) is 9.59 Å². The molecular formula is C14H19N3O4. The van der Waals surface area contributed by atoms with Crippen LogP contribution in [0.25, 0.3) is 0 Å². The summed E-state index contributed by atoms with van der Waals surface area (Å²) < 4.78 is 5.31. The van der Waals surface area contributed by atoms with Crippen LogP contribution in [0.3, 0.4) is 0 Å². The van der Waals surface area contributed by atoms with E-state index in [2.05, 4.69) is 15.6 Å². The number of aromatic nitrogens is 1. The number of hydrogen-bond acceptors (Lipinski definition) is 4. The highest BCUT2D eigenvalue weighted by Crippen LogP contribution is 2.19. The third-order valence-electron chi connectivity index (χ3n) is 3.35. The summed E-state index contributed by atoms with van der Waals surface area (Å²) in [6.45, 7) is 3.99. The van der Waals surface area contributed by atoms with E-state index in [4.69, 9.17) is 9.84 Å². The van der Waals surface area contributed by atoms with Crippen LogP contribution >= 0.6 is 0 Å². The van der Waals surface area contributed by atoms with E-state index in [9.17, 15) is 9.59 Å². The molecule has 1 aromatic rings. The van der Waals surface area contributed by atoms with Gasteiger partial charge in [0.05, 0.1) is 17.5 Å². The predicted molar refractivity (Wildman–Crippen MR) is 76.3 cm³/mol. The number of rotatable bonds is 4. The molecule has 2 heterocycles. The van der Waals surface area contributed by atoms with Crippen LogP contribution in [0.2, 0.25) is 0 Å². The fourth-order valence-corrected chi connectivity index (χ4v) is 2.23. The molecule has 1 aromatic heterocycles. The molecule has 2 amide bonds. The van der Waals surface area contributed by atoms with Gasteiger partial charge in [0, 0.05) is 12.2 Å². The zero-order valence-corrected chi connectivity index (χ0v) is 12.0. The topological polar surface area (TPSA) is 101 Å². The van der Waals surface area contributed by atoms with Crippen molar-refractivity contribution in [3.63, 3.8) is 0 Å². The molecule has 2 unspecified atom stereocenters. The number of anilines is 1. The lowest BCUT2D eigenvalue weighted by atomic mass is 10.2. The maximum Gasteiger partial charge on any atom is 0.332 e. The molecule has 7 nitrogen and oxygen atoms in total. The number of carbonyl (C=O) groups excluding carboxylic acids is 1. The molecule has 7 heteroatoms. The van der Waals surface area contributed by atoms with Crippen LogP contribution in [0.1, 0.15) is 24.2 Å². The Labute approximate surface area is 122 Å². The fraction of sp³-hybridized carbons (Fsp3) is 0.500. The average Bonchev–Trinajstić information content (AvgIpc) is 2.89. The Morgan fingerprint density at radius 2 is 2.14 bits per heavy atom. The number of aliphatic carboxylic acids is 1. The van der Waals surface area contributed by atoms with E-state index in [0.717, 1.165) is 11.4 Å². The minimum atomic E-state index is -0.955. The molecule has 1 saturated heterocycles.